The molecule has 0 aromatic rings. The smallest absolute Gasteiger partial charge is 0.372 e. The molecule has 1 aliphatic rings. The minimum absolute atomic E-state index is 0.0360. The zero-order chi connectivity index (χ0) is 15.4. The van der Waals surface area contributed by atoms with E-state index in [0.29, 0.717) is 6.54 Å². The quantitative estimate of drug-likeness (QED) is 0.816. The molecule has 0 aromatic carbocycles. The molecule has 0 radical (unpaired) electrons. The van der Waals surface area contributed by atoms with E-state index in [1.165, 1.54) is 0 Å². The predicted molar refractivity (Wildman–Crippen MR) is 73.8 cm³/mol. The van der Waals surface area contributed by atoms with Gasteiger partial charge in [0.1, 0.15) is 0 Å². The average molecular weight is 296 g/mol. The molecule has 0 bridgehead atoms. The van der Waals surface area contributed by atoms with Crippen LogP contribution in [-0.4, -0.2) is 55.5 Å². The van der Waals surface area contributed by atoms with Gasteiger partial charge in [-0.15, -0.1) is 0 Å². The van der Waals surface area contributed by atoms with Crippen molar-refractivity contribution in [3.8, 4) is 0 Å². The van der Waals surface area contributed by atoms with E-state index in [2.05, 4.69) is 26.1 Å². The van der Waals surface area contributed by atoms with Crippen molar-refractivity contribution < 1.29 is 17.9 Å². The summed E-state index contributed by atoms with van der Waals surface area (Å²) in [4.78, 5) is 1.71. The maximum Gasteiger partial charge on any atom is 0.390 e. The van der Waals surface area contributed by atoms with Crippen LogP contribution in [0, 0.1) is 0 Å². The molecule has 6 heteroatoms. The lowest BCUT2D eigenvalue weighted by atomic mass is 10.1. The van der Waals surface area contributed by atoms with Gasteiger partial charge in [0.2, 0.25) is 0 Å². The third kappa shape index (κ3) is 8.07. The second-order valence-electron chi connectivity index (χ2n) is 6.72. The standard InChI is InChI=1S/C14H27F3N2O/c1-13(2,3)18-9-11-5-6-12(20-11)10-19(4)8-7-14(15,16)17/h11-12,18H,5-10H2,1-4H3. The minimum Gasteiger partial charge on any atom is -0.372 e. The first-order valence-corrected chi connectivity index (χ1v) is 7.21. The largest absolute Gasteiger partial charge is 0.390 e. The Kier molecular flexibility index (Phi) is 6.28. The summed E-state index contributed by atoms with van der Waals surface area (Å²) < 4.78 is 42.3. The van der Waals surface area contributed by atoms with Crippen molar-refractivity contribution >= 4 is 0 Å². The van der Waals surface area contributed by atoms with Crippen LogP contribution >= 0.6 is 0 Å². The van der Waals surface area contributed by atoms with Gasteiger partial charge in [-0.2, -0.15) is 13.2 Å². The molecule has 1 fully saturated rings. The van der Waals surface area contributed by atoms with Gasteiger partial charge in [0, 0.05) is 25.2 Å². The summed E-state index contributed by atoms with van der Waals surface area (Å²) in [5, 5.41) is 3.40. The normalized spacial score (nSPS) is 24.6. The highest BCUT2D eigenvalue weighted by Crippen LogP contribution is 2.22. The molecule has 20 heavy (non-hydrogen) atoms. The van der Waals surface area contributed by atoms with Crippen LogP contribution in [0.2, 0.25) is 0 Å². The number of nitrogens with one attached hydrogen (secondary N) is 1. The van der Waals surface area contributed by atoms with Crippen LogP contribution in [0.1, 0.15) is 40.0 Å². The number of hydrogen-bond donors (Lipinski definition) is 1. The van der Waals surface area contributed by atoms with Crippen molar-refractivity contribution in [1.82, 2.24) is 10.2 Å². The molecule has 0 spiro atoms. The third-order valence-electron chi connectivity index (χ3n) is 3.35. The summed E-state index contributed by atoms with van der Waals surface area (Å²) in [5.41, 5.74) is 0.0605. The molecule has 1 rings (SSSR count). The molecule has 120 valence electrons. The first-order chi connectivity index (χ1) is 9.05. The monoisotopic (exact) mass is 296 g/mol. The first kappa shape index (κ1) is 17.7. The molecule has 0 saturated carbocycles. The lowest BCUT2D eigenvalue weighted by molar-refractivity contribution is -0.138. The zero-order valence-corrected chi connectivity index (χ0v) is 12.9. The van der Waals surface area contributed by atoms with E-state index in [1.54, 1.807) is 11.9 Å². The lowest BCUT2D eigenvalue weighted by Crippen LogP contribution is -2.41. The minimum atomic E-state index is -4.08. The number of likely N-dealkylation sites (N-methyl/N-ethyl adjacent to an activating group) is 1. The Balaban J connectivity index is 2.20. The SMILES string of the molecule is CN(CCC(F)(F)F)CC1CCC(CNC(C)(C)C)O1. The van der Waals surface area contributed by atoms with Crippen LogP contribution in [0.5, 0.6) is 0 Å². The Labute approximate surface area is 119 Å². The summed E-state index contributed by atoms with van der Waals surface area (Å²) in [6, 6.07) is 0. The molecule has 1 saturated heterocycles. The van der Waals surface area contributed by atoms with Gasteiger partial charge >= 0.3 is 6.18 Å². The van der Waals surface area contributed by atoms with E-state index in [0.717, 1.165) is 19.4 Å². The fourth-order valence-corrected chi connectivity index (χ4v) is 2.24. The molecule has 2 unspecified atom stereocenters. The summed E-state index contributed by atoms with van der Waals surface area (Å²) in [6.45, 7) is 7.71. The van der Waals surface area contributed by atoms with E-state index in [4.69, 9.17) is 4.74 Å². The molecule has 1 N–H and O–H groups in total. The molecule has 0 amide bonds. The molecule has 3 nitrogen and oxygen atoms in total. The lowest BCUT2D eigenvalue weighted by Gasteiger charge is -2.24. The van der Waals surface area contributed by atoms with E-state index >= 15 is 0 Å². The molecule has 2 atom stereocenters. The van der Waals surface area contributed by atoms with E-state index in [-0.39, 0.29) is 24.3 Å². The van der Waals surface area contributed by atoms with Crippen LogP contribution in [0.4, 0.5) is 13.2 Å². The van der Waals surface area contributed by atoms with Crippen molar-refractivity contribution in [2.24, 2.45) is 0 Å². The first-order valence-electron chi connectivity index (χ1n) is 7.21. The van der Waals surface area contributed by atoms with Crippen molar-refractivity contribution in [3.05, 3.63) is 0 Å². The van der Waals surface area contributed by atoms with Crippen molar-refractivity contribution in [3.63, 3.8) is 0 Å². The molecule has 0 aromatic heterocycles. The zero-order valence-electron chi connectivity index (χ0n) is 12.9. The third-order valence-corrected chi connectivity index (χ3v) is 3.35. The maximum absolute atomic E-state index is 12.1. The Hall–Kier alpha value is -0.330. The van der Waals surface area contributed by atoms with Gasteiger partial charge in [-0.1, -0.05) is 0 Å². The van der Waals surface area contributed by atoms with E-state index in [9.17, 15) is 13.2 Å². The molecule has 0 aliphatic carbocycles. The van der Waals surface area contributed by atoms with Crippen molar-refractivity contribution in [1.29, 1.82) is 0 Å². The van der Waals surface area contributed by atoms with Gasteiger partial charge in [0.15, 0.2) is 0 Å². The number of nitrogens with zero attached hydrogens (tertiary/aromatic N) is 1. The number of halogens is 3. The Bertz CT molecular complexity index is 289. The van der Waals surface area contributed by atoms with E-state index < -0.39 is 12.6 Å². The van der Waals surface area contributed by atoms with Crippen LogP contribution in [-0.2, 0) is 4.74 Å². The fraction of sp³-hybridized carbons (Fsp3) is 1.00. The van der Waals surface area contributed by atoms with Crippen LogP contribution < -0.4 is 5.32 Å². The molecule has 1 aliphatic heterocycles. The number of ether oxygens (including phenoxy) is 1. The maximum atomic E-state index is 12.1. The highest BCUT2D eigenvalue weighted by Gasteiger charge is 2.30. The predicted octanol–water partition coefficient (Wildman–Crippen LogP) is 2.81. The Morgan fingerprint density at radius 1 is 1.15 bits per heavy atom. The molecular formula is C14H27F3N2O. The summed E-state index contributed by atoms with van der Waals surface area (Å²) in [7, 11) is 1.72. The summed E-state index contributed by atoms with van der Waals surface area (Å²) >= 11 is 0. The van der Waals surface area contributed by atoms with Gasteiger partial charge in [0.05, 0.1) is 18.6 Å². The van der Waals surface area contributed by atoms with Crippen LogP contribution in [0.15, 0.2) is 0 Å². The second kappa shape index (κ2) is 7.09. The Morgan fingerprint density at radius 3 is 2.30 bits per heavy atom. The van der Waals surface area contributed by atoms with Crippen LogP contribution in [0.3, 0.4) is 0 Å². The highest BCUT2D eigenvalue weighted by molar-refractivity contribution is 4.80. The van der Waals surface area contributed by atoms with Crippen molar-refractivity contribution in [2.75, 3.05) is 26.7 Å². The van der Waals surface area contributed by atoms with Crippen LogP contribution in [0.25, 0.3) is 0 Å². The number of rotatable bonds is 6. The number of hydrogen-bond acceptors (Lipinski definition) is 3. The summed E-state index contributed by atoms with van der Waals surface area (Å²) in [6.07, 6.45) is -2.71. The van der Waals surface area contributed by atoms with Crippen molar-refractivity contribution in [2.45, 2.75) is 64.0 Å². The topological polar surface area (TPSA) is 24.5 Å². The molecule has 1 heterocycles. The Morgan fingerprint density at radius 2 is 1.75 bits per heavy atom. The van der Waals surface area contributed by atoms with Gasteiger partial charge in [0.25, 0.3) is 0 Å². The van der Waals surface area contributed by atoms with Gasteiger partial charge < -0.3 is 15.0 Å². The fourth-order valence-electron chi connectivity index (χ4n) is 2.24. The highest BCUT2D eigenvalue weighted by atomic mass is 19.4. The number of alkyl halides is 3. The molecular weight excluding hydrogens is 269 g/mol. The van der Waals surface area contributed by atoms with Gasteiger partial charge in [-0.05, 0) is 40.7 Å². The average Bonchev–Trinajstić information content (AvgIpc) is 2.70. The van der Waals surface area contributed by atoms with E-state index in [1.807, 2.05) is 0 Å². The second-order valence-corrected chi connectivity index (χ2v) is 6.72. The summed E-state index contributed by atoms with van der Waals surface area (Å²) in [5.74, 6) is 0. The van der Waals surface area contributed by atoms with Gasteiger partial charge in [-0.3, -0.25) is 0 Å². The van der Waals surface area contributed by atoms with Gasteiger partial charge in [-0.25, -0.2) is 0 Å².